The van der Waals surface area contributed by atoms with Crippen LogP contribution in [0.5, 0.6) is 0 Å². The van der Waals surface area contributed by atoms with Gasteiger partial charge in [0.05, 0.1) is 0 Å². The molecule has 0 atom stereocenters. The summed E-state index contributed by atoms with van der Waals surface area (Å²) < 4.78 is 141. The second kappa shape index (κ2) is 12.8. The van der Waals surface area contributed by atoms with E-state index in [4.69, 9.17) is 4.98 Å². The minimum absolute atomic E-state index is 0.00332. The average Bonchev–Trinajstić information content (AvgIpc) is 3.85. The Labute approximate surface area is 323 Å². The minimum atomic E-state index is -5.90. The van der Waals surface area contributed by atoms with Gasteiger partial charge in [-0.05, 0) is 0 Å². The van der Waals surface area contributed by atoms with Crippen molar-refractivity contribution in [2.75, 3.05) is 0 Å². The van der Waals surface area contributed by atoms with Crippen LogP contribution in [0, 0.1) is 0 Å². The topological polar surface area (TPSA) is 326 Å². The Bertz CT molecular complexity index is 3460. The number of nitrogens with one attached hydrogen (secondary N) is 2. The van der Waals surface area contributed by atoms with E-state index in [0.29, 0.717) is 27.5 Å². The SMILES string of the molecule is O=S(=O)(O)[C](=[Zn])/C(=C(\c1cc2nc3nc(nc4[nH]c(nc5nc(nc1[nH]2)-c1c-5cccc1S(=O)(=O)O)c1ccccc41)-c1ccccc1-3)S(=O)(=O)O)S(=O)(=O)O. The van der Waals surface area contributed by atoms with Crippen molar-refractivity contribution in [1.29, 1.82) is 0 Å². The molecule has 5 heterocycles. The molecule has 0 fully saturated rings. The van der Waals surface area contributed by atoms with Crippen LogP contribution in [-0.4, -0.2) is 95.2 Å². The molecule has 2 aliphatic heterocycles. The molecule has 25 heteroatoms. The number of hydrogen-bond donors (Lipinski definition) is 6. The first-order valence-corrected chi connectivity index (χ1v) is 22.6. The van der Waals surface area contributed by atoms with Gasteiger partial charge in [-0.15, -0.1) is 0 Å². The maximum absolute atomic E-state index is 13.1. The maximum atomic E-state index is 13.1. The second-order valence-electron chi connectivity index (χ2n) is 12.0. The zero-order valence-corrected chi connectivity index (χ0v) is 33.7. The van der Waals surface area contributed by atoms with E-state index in [1.54, 1.807) is 48.5 Å². The Hall–Kier alpha value is -5.37. The third-order valence-electron chi connectivity index (χ3n) is 8.47. The first-order chi connectivity index (χ1) is 26.2. The van der Waals surface area contributed by atoms with E-state index in [9.17, 15) is 51.9 Å². The van der Waals surface area contributed by atoms with Crippen molar-refractivity contribution in [1.82, 2.24) is 39.9 Å². The molecular weight excluding hydrogens is 870 g/mol. The number of aromatic nitrogens is 8. The van der Waals surface area contributed by atoms with Crippen molar-refractivity contribution in [2.45, 2.75) is 4.90 Å². The van der Waals surface area contributed by atoms with Crippen LogP contribution >= 0.6 is 0 Å². The zero-order valence-electron chi connectivity index (χ0n) is 27.5. The fraction of sp³-hybridized carbons (Fsp3) is 0. The summed E-state index contributed by atoms with van der Waals surface area (Å²) >= 11 is -0.788. The molecule has 0 aliphatic carbocycles. The number of hydrogen-bond acceptors (Lipinski definition) is 14. The van der Waals surface area contributed by atoms with Crippen LogP contribution < -0.4 is 0 Å². The predicted molar refractivity (Wildman–Crippen MR) is 195 cm³/mol. The van der Waals surface area contributed by atoms with E-state index in [2.05, 4.69) is 34.9 Å². The van der Waals surface area contributed by atoms with Crippen LogP contribution in [0.2, 0.25) is 0 Å². The molecule has 0 spiro atoms. The average molecular weight is 888 g/mol. The number of H-pyrrole nitrogens is 2. The monoisotopic (exact) mass is 886 g/mol. The summed E-state index contributed by atoms with van der Waals surface area (Å²) in [4.78, 5) is 28.5. The summed E-state index contributed by atoms with van der Waals surface area (Å²) in [7, 11) is -22.4. The molecule has 56 heavy (non-hydrogen) atoms. The fourth-order valence-electron chi connectivity index (χ4n) is 6.20. The van der Waals surface area contributed by atoms with Crippen molar-refractivity contribution in [2.24, 2.45) is 0 Å². The van der Waals surface area contributed by atoms with Crippen molar-refractivity contribution < 1.29 is 69.7 Å². The number of fused-ring (bicyclic) bond motifs is 17. The van der Waals surface area contributed by atoms with Gasteiger partial charge in [0, 0.05) is 5.39 Å². The summed E-state index contributed by atoms with van der Waals surface area (Å²) in [5.41, 5.74) is -1.00. The van der Waals surface area contributed by atoms with Crippen LogP contribution in [0.1, 0.15) is 5.56 Å². The number of aromatic amines is 2. The van der Waals surface area contributed by atoms with E-state index in [0.717, 1.165) is 12.1 Å². The first-order valence-electron chi connectivity index (χ1n) is 15.4. The predicted octanol–water partition coefficient (Wildman–Crippen LogP) is 2.97. The molecule has 8 bridgehead atoms. The Kier molecular flexibility index (Phi) is 8.61. The second-order valence-corrected chi connectivity index (χ2v) is 20.1. The van der Waals surface area contributed by atoms with Crippen LogP contribution in [0.15, 0.2) is 82.6 Å². The summed E-state index contributed by atoms with van der Waals surface area (Å²) in [6.45, 7) is 0. The molecule has 6 aromatic rings. The van der Waals surface area contributed by atoms with Crippen molar-refractivity contribution in [3.8, 4) is 45.6 Å². The van der Waals surface area contributed by atoms with Crippen molar-refractivity contribution in [3.63, 3.8) is 0 Å². The summed E-state index contributed by atoms with van der Waals surface area (Å²) in [6.07, 6.45) is 0. The Morgan fingerprint density at radius 3 is 1.61 bits per heavy atom. The Morgan fingerprint density at radius 1 is 0.536 bits per heavy atom. The van der Waals surface area contributed by atoms with Gasteiger partial charge in [-0.3, -0.25) is 0 Å². The molecule has 0 radical (unpaired) electrons. The van der Waals surface area contributed by atoms with Crippen LogP contribution in [0.3, 0.4) is 0 Å². The first kappa shape index (κ1) is 37.6. The molecule has 0 saturated carbocycles. The van der Waals surface area contributed by atoms with Crippen LogP contribution in [-0.2, 0) is 58.3 Å². The Balaban J connectivity index is 1.64. The van der Waals surface area contributed by atoms with Crippen molar-refractivity contribution in [3.05, 3.63) is 83.3 Å². The van der Waals surface area contributed by atoms with Crippen LogP contribution in [0.25, 0.3) is 83.8 Å². The van der Waals surface area contributed by atoms with E-state index in [-0.39, 0.29) is 39.9 Å². The van der Waals surface area contributed by atoms with Gasteiger partial charge >= 0.3 is 296 Å². The number of rotatable bonds is 6. The van der Waals surface area contributed by atoms with Gasteiger partial charge in [0.2, 0.25) is 0 Å². The van der Waals surface area contributed by atoms with E-state index >= 15 is 0 Å². The van der Waals surface area contributed by atoms with Gasteiger partial charge in [0.15, 0.2) is 0 Å². The van der Waals surface area contributed by atoms with Gasteiger partial charge < -0.3 is 0 Å². The quantitative estimate of drug-likeness (QED) is 0.103. The molecule has 0 amide bonds. The van der Waals surface area contributed by atoms with Crippen molar-refractivity contribution >= 4 is 82.2 Å². The Morgan fingerprint density at radius 2 is 1.05 bits per heavy atom. The number of benzene rings is 3. The summed E-state index contributed by atoms with van der Waals surface area (Å²) in [6, 6.07) is 18.2. The molecule has 280 valence electrons. The standard InChI is InChI=1S/C31H18N8O12S4.Zn/c40-52(41,42)13-21(54(46,47)48)24(55(49,50)51)19-12-22-32-25-14-6-1-2-7-15(14)26(34-25)35-27-16-8-3-4-9-17(16)28(36-27)37-29-18-10-5-11-20(53(43,44)45)23(18)31(38-29)39-30(19)33-22;/h1-12H,(H,40,41,42)(H,43,44,45)(H,46,47,48)(H,49,50,51)(H2,32,33,34,35,36,37,38,39);/b24-21-;. The molecule has 0 saturated heterocycles. The van der Waals surface area contributed by atoms with E-state index in [1.165, 1.54) is 12.1 Å². The molecular formula is C31H18N8O12S4Zn. The van der Waals surface area contributed by atoms with Gasteiger partial charge in [0.25, 0.3) is 0 Å². The van der Waals surface area contributed by atoms with Crippen LogP contribution in [0.4, 0.5) is 0 Å². The molecule has 0 unspecified atom stereocenters. The summed E-state index contributed by atoms with van der Waals surface area (Å²) in [5.74, 6) is -0.620. The van der Waals surface area contributed by atoms with E-state index in [1.807, 2.05) is 0 Å². The van der Waals surface area contributed by atoms with E-state index < -0.39 is 93.5 Å². The van der Waals surface area contributed by atoms with Gasteiger partial charge in [-0.2, -0.15) is 0 Å². The van der Waals surface area contributed by atoms with Gasteiger partial charge in [-0.1, -0.05) is 24.3 Å². The normalized spacial score (nSPS) is 13.6. The molecule has 2 aliphatic rings. The summed E-state index contributed by atoms with van der Waals surface area (Å²) in [5, 5.41) is 1.15. The fourth-order valence-corrected chi connectivity index (χ4v) is 11.8. The third-order valence-corrected chi connectivity index (χ3v) is 15.9. The third kappa shape index (κ3) is 6.47. The number of nitrogens with zero attached hydrogens (tertiary/aromatic N) is 6. The molecule has 3 aromatic carbocycles. The van der Waals surface area contributed by atoms with Gasteiger partial charge in [-0.25, -0.2) is 0 Å². The zero-order chi connectivity index (χ0) is 40.1. The van der Waals surface area contributed by atoms with Gasteiger partial charge in [0.1, 0.15) is 0 Å². The molecule has 20 nitrogen and oxygen atoms in total. The molecule has 3 aromatic heterocycles. The molecule has 8 rings (SSSR count). The molecule has 6 N–H and O–H groups in total.